The van der Waals surface area contributed by atoms with Gasteiger partial charge in [0.1, 0.15) is 11.6 Å². The molecule has 0 aromatic heterocycles. The van der Waals surface area contributed by atoms with Crippen molar-refractivity contribution >= 4 is 37.6 Å². The lowest BCUT2D eigenvalue weighted by Crippen LogP contribution is -2.56. The topological polar surface area (TPSA) is 130 Å². The Kier molecular flexibility index (Phi) is 7.70. The van der Waals surface area contributed by atoms with E-state index in [0.29, 0.717) is 25.7 Å². The van der Waals surface area contributed by atoms with Gasteiger partial charge in [0, 0.05) is 25.2 Å². The minimum atomic E-state index is -4.47. The fourth-order valence-electron chi connectivity index (χ4n) is 4.40. The molecule has 196 valence electrons. The van der Waals surface area contributed by atoms with Crippen LogP contribution in [0.5, 0.6) is 0 Å². The quantitative estimate of drug-likeness (QED) is 0.554. The molecule has 9 nitrogen and oxygen atoms in total. The molecule has 0 bridgehead atoms. The SMILES string of the molecule is NC1CCC(NC(=O)C2N(S(=O)(=O)c3ccc(F)cc3)CCN2S(=O)(=O)c2ccc(F)c(Cl)c2)CC1. The van der Waals surface area contributed by atoms with E-state index in [2.05, 4.69) is 5.32 Å². The second kappa shape index (κ2) is 10.3. The fraction of sp³-hybridized carbons (Fsp3) is 0.409. The minimum Gasteiger partial charge on any atom is -0.351 e. The maximum Gasteiger partial charge on any atom is 0.254 e. The molecule has 0 radical (unpaired) electrons. The van der Waals surface area contributed by atoms with Gasteiger partial charge in [-0.15, -0.1) is 0 Å². The number of halogens is 3. The Balaban J connectivity index is 1.72. The molecular formula is C22H25ClF2N4O5S2. The third-order valence-electron chi connectivity index (χ3n) is 6.36. The van der Waals surface area contributed by atoms with Crippen LogP contribution < -0.4 is 11.1 Å². The van der Waals surface area contributed by atoms with E-state index in [0.717, 1.165) is 51.1 Å². The van der Waals surface area contributed by atoms with Gasteiger partial charge in [0.05, 0.1) is 14.8 Å². The summed E-state index contributed by atoms with van der Waals surface area (Å²) in [6.45, 7) is -0.674. The molecule has 1 amide bonds. The lowest BCUT2D eigenvalue weighted by molar-refractivity contribution is -0.127. The standard InChI is InChI=1S/C22H25ClF2N4O5S2/c23-19-13-18(9-10-20(19)25)36(33,34)29-12-11-28(35(31,32)17-7-1-14(24)2-8-17)22(29)21(30)27-16-5-3-15(26)4-6-16/h1-2,7-10,13,15-16,22H,3-6,11-12,26H2,(H,27,30). The molecule has 2 aliphatic rings. The van der Waals surface area contributed by atoms with Crippen LogP contribution in [-0.4, -0.2) is 62.7 Å². The lowest BCUT2D eigenvalue weighted by Gasteiger charge is -2.32. The highest BCUT2D eigenvalue weighted by Crippen LogP contribution is 2.31. The van der Waals surface area contributed by atoms with Gasteiger partial charge in [-0.3, -0.25) is 4.79 Å². The molecule has 1 atom stereocenters. The highest BCUT2D eigenvalue weighted by Gasteiger charge is 2.50. The van der Waals surface area contributed by atoms with E-state index >= 15 is 0 Å². The summed E-state index contributed by atoms with van der Waals surface area (Å²) in [5.41, 5.74) is 5.92. The normalized spacial score (nSPS) is 24.1. The largest absolute Gasteiger partial charge is 0.351 e. The summed E-state index contributed by atoms with van der Waals surface area (Å²) in [4.78, 5) is 12.8. The van der Waals surface area contributed by atoms with Crippen molar-refractivity contribution in [3.63, 3.8) is 0 Å². The number of nitrogens with zero attached hydrogens (tertiary/aromatic N) is 2. The van der Waals surface area contributed by atoms with Gasteiger partial charge >= 0.3 is 0 Å². The summed E-state index contributed by atoms with van der Waals surface area (Å²) >= 11 is 5.78. The first-order chi connectivity index (χ1) is 16.9. The molecular weight excluding hydrogens is 538 g/mol. The zero-order valence-corrected chi connectivity index (χ0v) is 21.4. The Morgan fingerprint density at radius 1 is 0.889 bits per heavy atom. The molecule has 1 unspecified atom stereocenters. The first-order valence-electron chi connectivity index (χ1n) is 11.2. The van der Waals surface area contributed by atoms with E-state index in [9.17, 15) is 30.4 Å². The van der Waals surface area contributed by atoms with Crippen LogP contribution in [0.1, 0.15) is 25.7 Å². The van der Waals surface area contributed by atoms with Crippen molar-refractivity contribution in [2.24, 2.45) is 5.73 Å². The van der Waals surface area contributed by atoms with Gasteiger partial charge in [0.15, 0.2) is 6.17 Å². The second-order valence-electron chi connectivity index (χ2n) is 8.76. The summed E-state index contributed by atoms with van der Waals surface area (Å²) in [5.74, 6) is -2.31. The molecule has 1 heterocycles. The average molecular weight is 563 g/mol. The van der Waals surface area contributed by atoms with Crippen molar-refractivity contribution in [1.29, 1.82) is 0 Å². The number of sulfonamides is 2. The molecule has 1 saturated carbocycles. The van der Waals surface area contributed by atoms with E-state index in [4.69, 9.17) is 17.3 Å². The van der Waals surface area contributed by atoms with E-state index in [1.54, 1.807) is 0 Å². The van der Waals surface area contributed by atoms with Crippen molar-refractivity contribution < 1.29 is 30.4 Å². The van der Waals surface area contributed by atoms with Crippen LogP contribution in [-0.2, 0) is 24.8 Å². The third kappa shape index (κ3) is 5.27. The van der Waals surface area contributed by atoms with E-state index < -0.39 is 53.7 Å². The van der Waals surface area contributed by atoms with Crippen molar-refractivity contribution in [1.82, 2.24) is 13.9 Å². The molecule has 1 aliphatic carbocycles. The number of hydrogen-bond acceptors (Lipinski definition) is 6. The predicted molar refractivity (Wildman–Crippen MR) is 128 cm³/mol. The van der Waals surface area contributed by atoms with Gasteiger partial charge in [-0.25, -0.2) is 25.6 Å². The Morgan fingerprint density at radius 3 is 1.97 bits per heavy atom. The smallest absolute Gasteiger partial charge is 0.254 e. The molecule has 2 fully saturated rings. The van der Waals surface area contributed by atoms with Crippen LogP contribution in [0.25, 0.3) is 0 Å². The number of carbonyl (C=O) groups excluding carboxylic acids is 1. The zero-order valence-electron chi connectivity index (χ0n) is 19.0. The number of amides is 1. The number of nitrogens with two attached hydrogens (primary N) is 1. The van der Waals surface area contributed by atoms with Crippen molar-refractivity contribution in [3.8, 4) is 0 Å². The third-order valence-corrected chi connectivity index (χ3v) is 10.4. The number of rotatable bonds is 6. The van der Waals surface area contributed by atoms with Crippen LogP contribution in [0, 0.1) is 11.6 Å². The molecule has 1 aliphatic heterocycles. The molecule has 2 aromatic carbocycles. The van der Waals surface area contributed by atoms with Gasteiger partial charge in [-0.05, 0) is 68.1 Å². The summed E-state index contributed by atoms with van der Waals surface area (Å²) in [5, 5.41) is 2.33. The maximum atomic E-state index is 13.7. The van der Waals surface area contributed by atoms with Crippen LogP contribution in [0.2, 0.25) is 5.02 Å². The predicted octanol–water partition coefficient (Wildman–Crippen LogP) is 2.03. The number of nitrogens with one attached hydrogen (secondary N) is 1. The molecule has 2 aromatic rings. The summed E-state index contributed by atoms with van der Waals surface area (Å²) in [6.07, 6.45) is 0.673. The van der Waals surface area contributed by atoms with Crippen LogP contribution >= 0.6 is 11.6 Å². The Labute approximate surface area is 213 Å². The molecule has 0 spiro atoms. The fourth-order valence-corrected chi connectivity index (χ4v) is 7.83. The van der Waals surface area contributed by atoms with Crippen molar-refractivity contribution in [2.45, 2.75) is 53.7 Å². The van der Waals surface area contributed by atoms with Gasteiger partial charge in [0.25, 0.3) is 5.91 Å². The summed E-state index contributed by atoms with van der Waals surface area (Å²) in [6, 6.07) is 6.46. The summed E-state index contributed by atoms with van der Waals surface area (Å²) in [7, 11) is -8.86. The number of hydrogen-bond donors (Lipinski definition) is 2. The Bertz CT molecular complexity index is 1350. The van der Waals surface area contributed by atoms with Gasteiger partial charge < -0.3 is 11.1 Å². The van der Waals surface area contributed by atoms with Crippen LogP contribution in [0.15, 0.2) is 52.3 Å². The van der Waals surface area contributed by atoms with Gasteiger partial charge in [-0.1, -0.05) is 11.6 Å². The number of carbonyl (C=O) groups is 1. The maximum absolute atomic E-state index is 13.7. The molecule has 4 rings (SSSR count). The van der Waals surface area contributed by atoms with Gasteiger partial charge in [0.2, 0.25) is 20.0 Å². The molecule has 3 N–H and O–H groups in total. The first-order valence-corrected chi connectivity index (χ1v) is 14.5. The van der Waals surface area contributed by atoms with E-state index in [1.165, 1.54) is 0 Å². The van der Waals surface area contributed by atoms with Gasteiger partial charge in [-0.2, -0.15) is 8.61 Å². The van der Waals surface area contributed by atoms with Crippen LogP contribution in [0.4, 0.5) is 8.78 Å². The average Bonchev–Trinajstić information content (AvgIpc) is 3.30. The number of benzene rings is 2. The second-order valence-corrected chi connectivity index (χ2v) is 12.9. The molecule has 14 heteroatoms. The Morgan fingerprint density at radius 2 is 1.42 bits per heavy atom. The minimum absolute atomic E-state index is 0.0000795. The monoisotopic (exact) mass is 562 g/mol. The van der Waals surface area contributed by atoms with E-state index in [-0.39, 0.29) is 30.1 Å². The lowest BCUT2D eigenvalue weighted by atomic mass is 9.92. The highest BCUT2D eigenvalue weighted by molar-refractivity contribution is 7.90. The highest BCUT2D eigenvalue weighted by atomic mass is 35.5. The first kappa shape index (κ1) is 26.9. The molecule has 36 heavy (non-hydrogen) atoms. The van der Waals surface area contributed by atoms with Crippen LogP contribution in [0.3, 0.4) is 0 Å². The summed E-state index contributed by atoms with van der Waals surface area (Å²) < 4.78 is 82.4. The van der Waals surface area contributed by atoms with E-state index in [1.807, 2.05) is 0 Å². The molecule has 1 saturated heterocycles. The van der Waals surface area contributed by atoms with Crippen molar-refractivity contribution in [3.05, 3.63) is 59.1 Å². The van der Waals surface area contributed by atoms with Crippen molar-refractivity contribution in [2.75, 3.05) is 13.1 Å². The Hall–Kier alpha value is -2.16. The zero-order chi connectivity index (χ0) is 26.3.